The highest BCUT2D eigenvalue weighted by atomic mass is 79.9. The van der Waals surface area contributed by atoms with Gasteiger partial charge in [0, 0.05) is 26.1 Å². The maximum atomic E-state index is 12.2. The summed E-state index contributed by atoms with van der Waals surface area (Å²) < 4.78 is 11.3. The maximum absolute atomic E-state index is 12.2. The van der Waals surface area contributed by atoms with Crippen molar-refractivity contribution in [1.29, 1.82) is 0 Å². The van der Waals surface area contributed by atoms with Gasteiger partial charge in [-0.3, -0.25) is 4.79 Å². The lowest BCUT2D eigenvalue weighted by Gasteiger charge is -2.31. The first-order valence-electron chi connectivity index (χ1n) is 6.42. The van der Waals surface area contributed by atoms with Crippen LogP contribution in [0, 0.1) is 0 Å². The molecule has 1 amide bonds. The first-order chi connectivity index (χ1) is 9.13. The Morgan fingerprint density at radius 2 is 2.37 bits per heavy atom. The number of nitrogens with zero attached hydrogens (tertiary/aromatic N) is 1. The fourth-order valence-corrected chi connectivity index (χ4v) is 2.80. The van der Waals surface area contributed by atoms with E-state index >= 15 is 0 Å². The highest BCUT2D eigenvalue weighted by Gasteiger charge is 2.34. The molecule has 1 fully saturated rings. The first kappa shape index (κ1) is 14.6. The molecule has 1 aromatic heterocycles. The second kappa shape index (κ2) is 6.54. The number of ether oxygens (including phenoxy) is 1. The zero-order valence-corrected chi connectivity index (χ0v) is 12.6. The number of methoxy groups -OCH3 is 1. The number of halogens is 1. The predicted molar refractivity (Wildman–Crippen MR) is 74.6 cm³/mol. The number of likely N-dealkylation sites (tertiary alicyclic amines) is 1. The third kappa shape index (κ3) is 3.38. The summed E-state index contributed by atoms with van der Waals surface area (Å²) in [7, 11) is 1.63. The zero-order valence-electron chi connectivity index (χ0n) is 11.0. The number of rotatable bonds is 4. The van der Waals surface area contributed by atoms with Crippen LogP contribution < -0.4 is 5.73 Å². The quantitative estimate of drug-likeness (QED) is 0.917. The molecule has 0 saturated carbocycles. The van der Waals surface area contributed by atoms with Crippen LogP contribution in [0.25, 0.3) is 0 Å². The van der Waals surface area contributed by atoms with Crippen LogP contribution in [-0.4, -0.2) is 37.1 Å². The fraction of sp³-hybridized carbons (Fsp3) is 0.615. The number of hydrogen-bond acceptors (Lipinski definition) is 4. The Labute approximate surface area is 121 Å². The van der Waals surface area contributed by atoms with E-state index in [-0.39, 0.29) is 18.0 Å². The number of nitrogens with two attached hydrogens (primary N) is 1. The third-order valence-corrected chi connectivity index (χ3v) is 3.84. The van der Waals surface area contributed by atoms with E-state index < -0.39 is 0 Å². The van der Waals surface area contributed by atoms with E-state index in [1.165, 1.54) is 0 Å². The van der Waals surface area contributed by atoms with Crippen LogP contribution in [0.15, 0.2) is 21.2 Å². The Morgan fingerprint density at radius 1 is 1.58 bits per heavy atom. The Balaban J connectivity index is 2.27. The second-order valence-corrected chi connectivity index (χ2v) is 5.50. The lowest BCUT2D eigenvalue weighted by atomic mass is 10.0. The van der Waals surface area contributed by atoms with Crippen LogP contribution in [0.2, 0.25) is 0 Å². The summed E-state index contributed by atoms with van der Waals surface area (Å²) in [4.78, 5) is 14.0. The number of carbonyl (C=O) groups is 1. The van der Waals surface area contributed by atoms with Crippen LogP contribution in [-0.2, 0) is 9.53 Å². The van der Waals surface area contributed by atoms with Gasteiger partial charge in [0.15, 0.2) is 4.67 Å². The number of carbonyl (C=O) groups excluding carboxylic acids is 1. The van der Waals surface area contributed by atoms with Gasteiger partial charge in [-0.2, -0.15) is 0 Å². The van der Waals surface area contributed by atoms with Gasteiger partial charge in [0.05, 0.1) is 6.61 Å². The molecule has 0 radical (unpaired) electrons. The van der Waals surface area contributed by atoms with E-state index in [0.29, 0.717) is 24.2 Å². The summed E-state index contributed by atoms with van der Waals surface area (Å²) >= 11 is 3.29. The van der Waals surface area contributed by atoms with Gasteiger partial charge in [0.2, 0.25) is 5.91 Å². The minimum Gasteiger partial charge on any atom is -0.452 e. The average Bonchev–Trinajstić information content (AvgIpc) is 2.74. The molecule has 1 aliphatic heterocycles. The molecule has 2 atom stereocenters. The van der Waals surface area contributed by atoms with Crippen molar-refractivity contribution >= 4 is 21.8 Å². The SMILES string of the molecule is COCCN1C(=O)CCCC(N)C1c1ccc(Br)o1. The minimum atomic E-state index is -0.212. The van der Waals surface area contributed by atoms with Gasteiger partial charge in [-0.15, -0.1) is 0 Å². The van der Waals surface area contributed by atoms with Crippen molar-refractivity contribution in [3.8, 4) is 0 Å². The minimum absolute atomic E-state index is 0.110. The molecule has 2 N–H and O–H groups in total. The number of furan rings is 1. The average molecular weight is 331 g/mol. The molecular weight excluding hydrogens is 312 g/mol. The van der Waals surface area contributed by atoms with Crippen LogP contribution in [0.3, 0.4) is 0 Å². The molecule has 1 aliphatic rings. The molecule has 19 heavy (non-hydrogen) atoms. The first-order valence-corrected chi connectivity index (χ1v) is 7.22. The molecule has 5 nitrogen and oxygen atoms in total. The van der Waals surface area contributed by atoms with Gasteiger partial charge in [-0.25, -0.2) is 0 Å². The molecule has 6 heteroatoms. The van der Waals surface area contributed by atoms with E-state index in [2.05, 4.69) is 15.9 Å². The third-order valence-electron chi connectivity index (χ3n) is 3.41. The fourth-order valence-electron chi connectivity index (χ4n) is 2.48. The molecule has 2 rings (SSSR count). The van der Waals surface area contributed by atoms with Crippen molar-refractivity contribution in [1.82, 2.24) is 4.90 Å². The van der Waals surface area contributed by atoms with E-state index in [1.54, 1.807) is 12.0 Å². The molecule has 0 aromatic carbocycles. The summed E-state index contributed by atoms with van der Waals surface area (Å²) in [5, 5.41) is 0. The summed E-state index contributed by atoms with van der Waals surface area (Å²) in [5.74, 6) is 0.841. The number of amides is 1. The maximum Gasteiger partial charge on any atom is 0.223 e. The Kier molecular flexibility index (Phi) is 5.01. The van der Waals surface area contributed by atoms with Crippen molar-refractivity contribution in [2.75, 3.05) is 20.3 Å². The molecule has 106 valence electrons. The highest BCUT2D eigenvalue weighted by molar-refractivity contribution is 9.10. The van der Waals surface area contributed by atoms with Crippen LogP contribution in [0.4, 0.5) is 0 Å². The van der Waals surface area contributed by atoms with Gasteiger partial charge in [0.25, 0.3) is 0 Å². The van der Waals surface area contributed by atoms with Crippen molar-refractivity contribution in [3.63, 3.8) is 0 Å². The molecule has 0 aliphatic carbocycles. The summed E-state index contributed by atoms with van der Waals surface area (Å²) in [6.07, 6.45) is 2.18. The topological polar surface area (TPSA) is 68.7 Å². The number of hydrogen-bond donors (Lipinski definition) is 1. The molecule has 0 spiro atoms. The van der Waals surface area contributed by atoms with Crippen molar-refractivity contribution in [3.05, 3.63) is 22.6 Å². The standard InChI is InChI=1S/C13H19BrN2O3/c1-18-8-7-16-12(17)4-2-3-9(15)13(16)10-5-6-11(14)19-10/h5-6,9,13H,2-4,7-8,15H2,1H3. The highest BCUT2D eigenvalue weighted by Crippen LogP contribution is 2.32. The molecule has 1 saturated heterocycles. The normalized spacial score (nSPS) is 24.6. The Bertz CT molecular complexity index is 435. The zero-order chi connectivity index (χ0) is 13.8. The van der Waals surface area contributed by atoms with Crippen LogP contribution in [0.1, 0.15) is 31.1 Å². The Morgan fingerprint density at radius 3 is 3.00 bits per heavy atom. The lowest BCUT2D eigenvalue weighted by molar-refractivity contribution is -0.134. The van der Waals surface area contributed by atoms with Gasteiger partial charge in [-0.05, 0) is 40.9 Å². The smallest absolute Gasteiger partial charge is 0.223 e. The van der Waals surface area contributed by atoms with Gasteiger partial charge in [-0.1, -0.05) is 0 Å². The van der Waals surface area contributed by atoms with Gasteiger partial charge < -0.3 is 19.8 Å². The monoisotopic (exact) mass is 330 g/mol. The summed E-state index contributed by atoms with van der Waals surface area (Å²) in [6.45, 7) is 1.03. The van der Waals surface area contributed by atoms with Gasteiger partial charge >= 0.3 is 0 Å². The van der Waals surface area contributed by atoms with Crippen LogP contribution >= 0.6 is 15.9 Å². The summed E-state index contributed by atoms with van der Waals surface area (Å²) in [6, 6.07) is 3.37. The molecule has 2 heterocycles. The summed E-state index contributed by atoms with van der Waals surface area (Å²) in [5.41, 5.74) is 6.23. The van der Waals surface area contributed by atoms with Crippen molar-refractivity contribution in [2.45, 2.75) is 31.3 Å². The van der Waals surface area contributed by atoms with E-state index in [1.807, 2.05) is 12.1 Å². The largest absolute Gasteiger partial charge is 0.452 e. The second-order valence-electron chi connectivity index (χ2n) is 4.72. The van der Waals surface area contributed by atoms with E-state index in [0.717, 1.165) is 18.6 Å². The molecule has 0 bridgehead atoms. The molecular formula is C13H19BrN2O3. The van der Waals surface area contributed by atoms with Crippen molar-refractivity contribution < 1.29 is 13.9 Å². The Hall–Kier alpha value is -0.850. The van der Waals surface area contributed by atoms with Crippen molar-refractivity contribution in [2.24, 2.45) is 5.73 Å². The van der Waals surface area contributed by atoms with E-state index in [9.17, 15) is 4.79 Å². The van der Waals surface area contributed by atoms with Crippen LogP contribution in [0.5, 0.6) is 0 Å². The molecule has 2 unspecified atom stereocenters. The van der Waals surface area contributed by atoms with E-state index in [4.69, 9.17) is 14.9 Å². The lowest BCUT2D eigenvalue weighted by Crippen LogP contribution is -2.43. The predicted octanol–water partition coefficient (Wildman–Crippen LogP) is 2.07. The van der Waals surface area contributed by atoms with Gasteiger partial charge in [0.1, 0.15) is 11.8 Å². The molecule has 1 aromatic rings.